The van der Waals surface area contributed by atoms with Gasteiger partial charge in [0.2, 0.25) is 5.91 Å². The first-order valence-electron chi connectivity index (χ1n) is 9.84. The van der Waals surface area contributed by atoms with Crippen molar-refractivity contribution in [2.75, 3.05) is 18.4 Å². The molecule has 1 aliphatic rings. The summed E-state index contributed by atoms with van der Waals surface area (Å²) in [5.41, 5.74) is 1.69. The van der Waals surface area contributed by atoms with Gasteiger partial charge < -0.3 is 15.2 Å². The van der Waals surface area contributed by atoms with Gasteiger partial charge in [0.25, 0.3) is 11.6 Å². The van der Waals surface area contributed by atoms with E-state index >= 15 is 0 Å². The van der Waals surface area contributed by atoms with E-state index in [1.165, 1.54) is 12.1 Å². The Kier molecular flexibility index (Phi) is 5.21. The molecule has 3 aromatic rings. The molecule has 1 aliphatic heterocycles. The molecule has 0 saturated carbocycles. The fourth-order valence-corrected chi connectivity index (χ4v) is 3.76. The highest BCUT2D eigenvalue weighted by molar-refractivity contribution is 6.07. The number of nitrogens with one attached hydrogen (secondary N) is 2. The third-order valence-electron chi connectivity index (χ3n) is 5.48. The van der Waals surface area contributed by atoms with Crippen LogP contribution in [0.5, 0.6) is 0 Å². The molecule has 2 amide bonds. The van der Waals surface area contributed by atoms with Crippen molar-refractivity contribution in [2.24, 2.45) is 5.92 Å². The molecule has 3 heterocycles. The van der Waals surface area contributed by atoms with Gasteiger partial charge in [-0.05, 0) is 25.8 Å². The monoisotopic (exact) mass is 410 g/mol. The molecule has 1 aromatic carbocycles. The summed E-state index contributed by atoms with van der Waals surface area (Å²) in [4.78, 5) is 40.8. The number of rotatable bonds is 5. The summed E-state index contributed by atoms with van der Waals surface area (Å²) in [6, 6.07) is 4.42. The van der Waals surface area contributed by atoms with E-state index in [1.807, 2.05) is 6.92 Å². The number of carbonyl (C=O) groups excluding carboxylic acids is 2. The molecule has 0 aliphatic carbocycles. The van der Waals surface area contributed by atoms with Crippen molar-refractivity contribution in [1.29, 1.82) is 0 Å². The number of hydrogen-bond donors (Lipinski definition) is 2. The predicted octanol–water partition coefficient (Wildman–Crippen LogP) is 2.78. The van der Waals surface area contributed by atoms with Crippen molar-refractivity contribution in [3.05, 3.63) is 52.5 Å². The molecule has 0 atom stereocenters. The molecule has 1 fully saturated rings. The van der Waals surface area contributed by atoms with E-state index < -0.39 is 4.92 Å². The highest BCUT2D eigenvalue weighted by Crippen LogP contribution is 2.27. The van der Waals surface area contributed by atoms with Gasteiger partial charge in [-0.1, -0.05) is 0 Å². The summed E-state index contributed by atoms with van der Waals surface area (Å²) in [6.07, 6.45) is 6.11. The van der Waals surface area contributed by atoms with Crippen LogP contribution in [0.15, 0.2) is 36.8 Å². The molecule has 0 unspecified atom stereocenters. The van der Waals surface area contributed by atoms with Gasteiger partial charge in [-0.2, -0.15) is 5.10 Å². The van der Waals surface area contributed by atoms with E-state index in [-0.39, 0.29) is 23.4 Å². The number of carbonyl (C=O) groups is 2. The second-order valence-electron chi connectivity index (χ2n) is 7.33. The zero-order valence-corrected chi connectivity index (χ0v) is 16.5. The van der Waals surface area contributed by atoms with Gasteiger partial charge in [0.1, 0.15) is 0 Å². The number of nitrogens with zero attached hydrogens (tertiary/aromatic N) is 4. The molecule has 30 heavy (non-hydrogen) atoms. The van der Waals surface area contributed by atoms with Crippen LogP contribution in [0.3, 0.4) is 0 Å². The highest BCUT2D eigenvalue weighted by Gasteiger charge is 2.29. The molecule has 2 aromatic heterocycles. The van der Waals surface area contributed by atoms with E-state index in [0.717, 1.165) is 6.54 Å². The Morgan fingerprint density at radius 1 is 1.33 bits per heavy atom. The molecule has 4 rings (SSSR count). The molecular weight excluding hydrogens is 388 g/mol. The quantitative estimate of drug-likeness (QED) is 0.494. The molecule has 0 spiro atoms. The van der Waals surface area contributed by atoms with Crippen LogP contribution in [-0.2, 0) is 11.3 Å². The number of nitro benzene ring substituents is 1. The smallest absolute Gasteiger partial charge is 0.270 e. The number of non-ortho nitro benzene ring substituents is 1. The number of H-pyrrole nitrogens is 1. The first-order chi connectivity index (χ1) is 14.5. The van der Waals surface area contributed by atoms with Crippen molar-refractivity contribution in [3.63, 3.8) is 0 Å². The lowest BCUT2D eigenvalue weighted by Crippen LogP contribution is -2.41. The lowest BCUT2D eigenvalue weighted by molar-refractivity contribution is -0.384. The largest absolute Gasteiger partial charge is 0.360 e. The minimum Gasteiger partial charge on any atom is -0.360 e. The second-order valence-corrected chi connectivity index (χ2v) is 7.33. The summed E-state index contributed by atoms with van der Waals surface area (Å²) < 4.78 is 1.74. The summed E-state index contributed by atoms with van der Waals surface area (Å²) in [6.45, 7) is 3.60. The van der Waals surface area contributed by atoms with Crippen LogP contribution in [-0.4, -0.2) is 49.5 Å². The normalized spacial score (nSPS) is 14.8. The number of benzene rings is 1. The Hall–Kier alpha value is -3.69. The van der Waals surface area contributed by atoms with Gasteiger partial charge in [-0.25, -0.2) is 0 Å². The maximum Gasteiger partial charge on any atom is 0.270 e. The number of aromatic amines is 1. The van der Waals surface area contributed by atoms with Crippen LogP contribution in [0.4, 0.5) is 11.4 Å². The van der Waals surface area contributed by atoms with E-state index in [1.54, 1.807) is 34.2 Å². The van der Waals surface area contributed by atoms with Gasteiger partial charge in [0.05, 0.1) is 22.4 Å². The minimum absolute atomic E-state index is 0.0575. The second kappa shape index (κ2) is 7.97. The van der Waals surface area contributed by atoms with Crippen molar-refractivity contribution in [2.45, 2.75) is 26.3 Å². The number of aryl methyl sites for hydroxylation is 1. The average molecular weight is 410 g/mol. The number of fused-ring (bicyclic) bond motifs is 1. The first-order valence-corrected chi connectivity index (χ1v) is 9.84. The topological polar surface area (TPSA) is 126 Å². The number of piperidine rings is 1. The number of amides is 2. The van der Waals surface area contributed by atoms with E-state index in [9.17, 15) is 19.7 Å². The van der Waals surface area contributed by atoms with Gasteiger partial charge in [-0.15, -0.1) is 0 Å². The SMILES string of the molecule is CCn1cc(NC(=O)C2CCN(C(=O)c3c[nH]c4ccc([N+](=O)[O-])cc34)CC2)cn1. The Morgan fingerprint density at radius 2 is 2.10 bits per heavy atom. The molecule has 0 radical (unpaired) electrons. The zero-order valence-electron chi connectivity index (χ0n) is 16.5. The van der Waals surface area contributed by atoms with Crippen LogP contribution in [0.1, 0.15) is 30.1 Å². The number of hydrogen-bond acceptors (Lipinski definition) is 5. The van der Waals surface area contributed by atoms with Crippen LogP contribution < -0.4 is 5.32 Å². The van der Waals surface area contributed by atoms with Gasteiger partial charge in [0, 0.05) is 61.0 Å². The Bertz CT molecular complexity index is 1110. The standard InChI is InChI=1S/C20H22N6O4/c1-2-25-12-14(10-22-25)23-19(27)13-5-7-24(8-6-13)20(28)17-11-21-18-4-3-15(26(29)30)9-16(17)18/h3-4,9-13,21H,2,5-8H2,1H3,(H,23,27). The average Bonchev–Trinajstić information content (AvgIpc) is 3.39. The molecule has 10 heteroatoms. The summed E-state index contributed by atoms with van der Waals surface area (Å²) in [7, 11) is 0. The fourth-order valence-electron chi connectivity index (χ4n) is 3.76. The third-order valence-corrected chi connectivity index (χ3v) is 5.48. The van der Waals surface area contributed by atoms with Crippen molar-refractivity contribution in [3.8, 4) is 0 Å². The van der Waals surface area contributed by atoms with Gasteiger partial charge >= 0.3 is 0 Å². The summed E-state index contributed by atoms with van der Waals surface area (Å²) >= 11 is 0. The number of likely N-dealkylation sites (tertiary alicyclic amines) is 1. The van der Waals surface area contributed by atoms with Crippen molar-refractivity contribution >= 4 is 34.1 Å². The third kappa shape index (κ3) is 3.76. The van der Waals surface area contributed by atoms with Gasteiger partial charge in [-0.3, -0.25) is 24.4 Å². The number of anilines is 1. The maximum absolute atomic E-state index is 13.0. The lowest BCUT2D eigenvalue weighted by Gasteiger charge is -2.31. The number of nitro groups is 1. The lowest BCUT2D eigenvalue weighted by atomic mass is 9.95. The van der Waals surface area contributed by atoms with Crippen molar-refractivity contribution in [1.82, 2.24) is 19.7 Å². The minimum atomic E-state index is -0.477. The van der Waals surface area contributed by atoms with E-state index in [0.29, 0.717) is 48.1 Å². The summed E-state index contributed by atoms with van der Waals surface area (Å²) in [5.74, 6) is -0.437. The Balaban J connectivity index is 1.41. The van der Waals surface area contributed by atoms with E-state index in [2.05, 4.69) is 15.4 Å². The van der Waals surface area contributed by atoms with Crippen LogP contribution >= 0.6 is 0 Å². The highest BCUT2D eigenvalue weighted by atomic mass is 16.6. The molecule has 2 N–H and O–H groups in total. The molecule has 10 nitrogen and oxygen atoms in total. The summed E-state index contributed by atoms with van der Waals surface area (Å²) in [5, 5.41) is 18.6. The van der Waals surface area contributed by atoms with Crippen LogP contribution in [0.25, 0.3) is 10.9 Å². The number of aromatic nitrogens is 3. The van der Waals surface area contributed by atoms with Crippen molar-refractivity contribution < 1.29 is 14.5 Å². The fraction of sp³-hybridized carbons (Fsp3) is 0.350. The first kappa shape index (κ1) is 19.6. The predicted molar refractivity (Wildman–Crippen MR) is 110 cm³/mol. The van der Waals surface area contributed by atoms with Crippen LogP contribution in [0, 0.1) is 16.0 Å². The van der Waals surface area contributed by atoms with E-state index in [4.69, 9.17) is 0 Å². The molecule has 1 saturated heterocycles. The Labute approximate surface area is 172 Å². The molecule has 0 bridgehead atoms. The maximum atomic E-state index is 13.0. The Morgan fingerprint density at radius 3 is 2.77 bits per heavy atom. The molecular formula is C20H22N6O4. The van der Waals surface area contributed by atoms with Gasteiger partial charge in [0.15, 0.2) is 0 Å². The molecule has 156 valence electrons. The van der Waals surface area contributed by atoms with Crippen LogP contribution in [0.2, 0.25) is 0 Å². The zero-order chi connectivity index (χ0) is 21.3.